The van der Waals surface area contributed by atoms with Crippen molar-refractivity contribution < 1.29 is 5.11 Å². The lowest BCUT2D eigenvalue weighted by molar-refractivity contribution is 0.183. The number of aliphatic hydroxyl groups is 1. The van der Waals surface area contributed by atoms with Crippen LogP contribution in [0.1, 0.15) is 11.8 Å². The van der Waals surface area contributed by atoms with Crippen LogP contribution in [-0.2, 0) is 0 Å². The average molecular weight is 256 g/mol. The number of aromatic nitrogens is 2. The molecule has 1 atom stereocenters. The molecular weight excluding hydrogens is 246 g/mol. The topological polar surface area (TPSA) is 74.9 Å². The third-order valence-corrected chi connectivity index (χ3v) is 2.47. The number of hydrogen-bond acceptors (Lipinski definition) is 3. The standard InChI is InChI=1S/C9H10BrN3O/c10-5-1-7-6(12-4-5)2-8(13-7)9(14)3-11/h1-2,4,9,13-14H,3,11H2. The number of nitrogens with one attached hydrogen (secondary N) is 1. The van der Waals surface area contributed by atoms with Crippen LogP contribution >= 0.6 is 15.9 Å². The van der Waals surface area contributed by atoms with Gasteiger partial charge in [0.2, 0.25) is 0 Å². The first-order chi connectivity index (χ1) is 6.70. The van der Waals surface area contributed by atoms with Crippen molar-refractivity contribution in [2.24, 2.45) is 5.73 Å². The highest BCUT2D eigenvalue weighted by Crippen LogP contribution is 2.20. The van der Waals surface area contributed by atoms with Crippen LogP contribution in [0, 0.1) is 0 Å². The first-order valence-electron chi connectivity index (χ1n) is 4.23. The quantitative estimate of drug-likeness (QED) is 0.758. The molecule has 0 aliphatic heterocycles. The van der Waals surface area contributed by atoms with Gasteiger partial charge in [0.15, 0.2) is 0 Å². The molecule has 2 aromatic heterocycles. The minimum absolute atomic E-state index is 0.202. The van der Waals surface area contributed by atoms with Crippen molar-refractivity contribution in [3.63, 3.8) is 0 Å². The summed E-state index contributed by atoms with van der Waals surface area (Å²) >= 11 is 3.33. The van der Waals surface area contributed by atoms with Crippen molar-refractivity contribution in [1.29, 1.82) is 0 Å². The van der Waals surface area contributed by atoms with Gasteiger partial charge in [-0.25, -0.2) is 0 Å². The molecule has 0 aromatic carbocycles. The molecule has 2 rings (SSSR count). The summed E-state index contributed by atoms with van der Waals surface area (Å²) in [5.41, 5.74) is 7.78. The summed E-state index contributed by atoms with van der Waals surface area (Å²) in [6.45, 7) is 0.202. The SMILES string of the molecule is NCC(O)c1cc2ncc(Br)cc2[nH]1. The Kier molecular flexibility index (Phi) is 2.54. The summed E-state index contributed by atoms with van der Waals surface area (Å²) in [4.78, 5) is 7.25. The second-order valence-electron chi connectivity index (χ2n) is 3.06. The zero-order chi connectivity index (χ0) is 10.1. The molecule has 4 N–H and O–H groups in total. The predicted molar refractivity (Wildman–Crippen MR) is 57.8 cm³/mol. The van der Waals surface area contributed by atoms with E-state index in [2.05, 4.69) is 25.9 Å². The van der Waals surface area contributed by atoms with Crippen LogP contribution in [0.2, 0.25) is 0 Å². The molecule has 0 bridgehead atoms. The van der Waals surface area contributed by atoms with Crippen LogP contribution in [0.15, 0.2) is 22.8 Å². The number of nitrogens with zero attached hydrogens (tertiary/aromatic N) is 1. The summed E-state index contributed by atoms with van der Waals surface area (Å²) in [6.07, 6.45) is 1.07. The number of fused-ring (bicyclic) bond motifs is 1. The zero-order valence-corrected chi connectivity index (χ0v) is 8.95. The zero-order valence-electron chi connectivity index (χ0n) is 7.37. The van der Waals surface area contributed by atoms with Crippen molar-refractivity contribution >= 4 is 27.0 Å². The Morgan fingerprint density at radius 3 is 3.07 bits per heavy atom. The van der Waals surface area contributed by atoms with Crippen LogP contribution in [-0.4, -0.2) is 21.6 Å². The fourth-order valence-electron chi connectivity index (χ4n) is 1.31. The number of aliphatic hydroxyl groups excluding tert-OH is 1. The molecule has 0 amide bonds. The number of nitrogens with two attached hydrogens (primary N) is 1. The number of halogens is 1. The fraction of sp³-hybridized carbons (Fsp3) is 0.222. The third kappa shape index (κ3) is 1.66. The van der Waals surface area contributed by atoms with Gasteiger partial charge in [-0.3, -0.25) is 4.98 Å². The lowest BCUT2D eigenvalue weighted by atomic mass is 10.2. The third-order valence-electron chi connectivity index (χ3n) is 2.04. The highest BCUT2D eigenvalue weighted by molar-refractivity contribution is 9.10. The van der Waals surface area contributed by atoms with E-state index in [1.807, 2.05) is 6.07 Å². The Bertz CT molecular complexity index is 454. The second-order valence-corrected chi connectivity index (χ2v) is 3.98. The lowest BCUT2D eigenvalue weighted by Crippen LogP contribution is -2.11. The number of aromatic amines is 1. The van der Waals surface area contributed by atoms with Crippen LogP contribution in [0.25, 0.3) is 11.0 Å². The summed E-state index contributed by atoms with van der Waals surface area (Å²) in [7, 11) is 0. The number of hydrogen-bond donors (Lipinski definition) is 3. The first-order valence-corrected chi connectivity index (χ1v) is 5.02. The smallest absolute Gasteiger partial charge is 0.106 e. The highest BCUT2D eigenvalue weighted by Gasteiger charge is 2.09. The van der Waals surface area contributed by atoms with Gasteiger partial charge in [-0.15, -0.1) is 0 Å². The van der Waals surface area contributed by atoms with Crippen LogP contribution in [0.4, 0.5) is 0 Å². The summed E-state index contributed by atoms with van der Waals surface area (Å²) in [5.74, 6) is 0. The lowest BCUT2D eigenvalue weighted by Gasteiger charge is -2.02. The van der Waals surface area contributed by atoms with Crippen LogP contribution in [0.3, 0.4) is 0 Å². The van der Waals surface area contributed by atoms with E-state index < -0.39 is 6.10 Å². The van der Waals surface area contributed by atoms with Gasteiger partial charge in [-0.1, -0.05) is 0 Å². The maximum Gasteiger partial charge on any atom is 0.106 e. The van der Waals surface area contributed by atoms with E-state index in [1.54, 1.807) is 12.3 Å². The molecule has 74 valence electrons. The maximum atomic E-state index is 9.50. The van der Waals surface area contributed by atoms with E-state index in [1.165, 1.54) is 0 Å². The molecule has 4 nitrogen and oxygen atoms in total. The van der Waals surface area contributed by atoms with E-state index in [4.69, 9.17) is 5.73 Å². The van der Waals surface area contributed by atoms with Crippen molar-refractivity contribution in [2.45, 2.75) is 6.10 Å². The van der Waals surface area contributed by atoms with Gasteiger partial charge in [-0.2, -0.15) is 0 Å². The number of H-pyrrole nitrogens is 1. The Hall–Kier alpha value is -0.910. The molecular formula is C9H10BrN3O. The van der Waals surface area contributed by atoms with Crippen molar-refractivity contribution in [1.82, 2.24) is 9.97 Å². The monoisotopic (exact) mass is 255 g/mol. The minimum Gasteiger partial charge on any atom is -0.386 e. The van der Waals surface area contributed by atoms with E-state index in [9.17, 15) is 5.11 Å². The Labute approximate surface area is 89.3 Å². The Balaban J connectivity index is 2.51. The van der Waals surface area contributed by atoms with E-state index in [0.717, 1.165) is 15.5 Å². The molecule has 0 aliphatic rings. The molecule has 0 aliphatic carbocycles. The van der Waals surface area contributed by atoms with E-state index in [-0.39, 0.29) is 6.54 Å². The van der Waals surface area contributed by atoms with Crippen LogP contribution in [0.5, 0.6) is 0 Å². The van der Waals surface area contributed by atoms with Gasteiger partial charge in [0.25, 0.3) is 0 Å². The van der Waals surface area contributed by atoms with Gasteiger partial charge in [0.1, 0.15) is 6.10 Å². The molecule has 0 spiro atoms. The summed E-state index contributed by atoms with van der Waals surface area (Å²) in [5, 5.41) is 9.50. The van der Waals surface area contributed by atoms with Crippen molar-refractivity contribution in [3.05, 3.63) is 28.5 Å². The van der Waals surface area contributed by atoms with Crippen molar-refractivity contribution in [2.75, 3.05) is 6.54 Å². The first kappa shape index (κ1) is 9.64. The molecule has 2 heterocycles. The molecule has 0 saturated carbocycles. The molecule has 2 aromatic rings. The molecule has 0 fully saturated rings. The summed E-state index contributed by atoms with van der Waals surface area (Å²) < 4.78 is 0.903. The van der Waals surface area contributed by atoms with Gasteiger partial charge in [-0.05, 0) is 28.1 Å². The highest BCUT2D eigenvalue weighted by atomic mass is 79.9. The predicted octanol–water partition coefficient (Wildman–Crippen LogP) is 1.32. The summed E-state index contributed by atoms with van der Waals surface area (Å²) in [6, 6.07) is 3.72. The Morgan fingerprint density at radius 1 is 1.57 bits per heavy atom. The largest absolute Gasteiger partial charge is 0.386 e. The van der Waals surface area contributed by atoms with Crippen molar-refractivity contribution in [3.8, 4) is 0 Å². The fourth-order valence-corrected chi connectivity index (χ4v) is 1.64. The molecule has 1 unspecified atom stereocenters. The van der Waals surface area contributed by atoms with Gasteiger partial charge < -0.3 is 15.8 Å². The normalized spacial score (nSPS) is 13.4. The minimum atomic E-state index is -0.650. The Morgan fingerprint density at radius 2 is 2.36 bits per heavy atom. The van der Waals surface area contributed by atoms with Crippen LogP contribution < -0.4 is 5.73 Å². The van der Waals surface area contributed by atoms with Gasteiger partial charge in [0, 0.05) is 22.9 Å². The van der Waals surface area contributed by atoms with E-state index in [0.29, 0.717) is 5.69 Å². The van der Waals surface area contributed by atoms with E-state index >= 15 is 0 Å². The maximum absolute atomic E-state index is 9.50. The number of pyridine rings is 1. The molecule has 0 radical (unpaired) electrons. The average Bonchev–Trinajstić information content (AvgIpc) is 2.59. The molecule has 14 heavy (non-hydrogen) atoms. The number of rotatable bonds is 2. The second kappa shape index (κ2) is 3.68. The molecule has 5 heteroatoms. The molecule has 0 saturated heterocycles. The van der Waals surface area contributed by atoms with Gasteiger partial charge in [0.05, 0.1) is 11.0 Å². The van der Waals surface area contributed by atoms with Gasteiger partial charge >= 0.3 is 0 Å².